The Bertz CT molecular complexity index is 919. The topological polar surface area (TPSA) is 80.4 Å². The summed E-state index contributed by atoms with van der Waals surface area (Å²) >= 11 is 0. The first kappa shape index (κ1) is 18.4. The van der Waals surface area contributed by atoms with E-state index in [9.17, 15) is 15.3 Å². The Hall–Kier alpha value is -3.35. The first-order valence-corrected chi connectivity index (χ1v) is 8.74. The number of rotatable bonds is 4. The second kappa shape index (κ2) is 8.35. The number of carbonyl (C=O) groups is 1. The zero-order valence-electron chi connectivity index (χ0n) is 15.2. The molecule has 2 aromatic carbocycles. The highest BCUT2D eigenvalue weighted by molar-refractivity contribution is 5.92. The van der Waals surface area contributed by atoms with E-state index < -0.39 is 5.97 Å². The number of carbonyl (C=O) groups excluding carboxylic acids is 1. The number of methoxy groups -OCH3 is 1. The summed E-state index contributed by atoms with van der Waals surface area (Å²) in [5, 5.41) is 18.8. The van der Waals surface area contributed by atoms with E-state index in [4.69, 9.17) is 4.74 Å². The van der Waals surface area contributed by atoms with Crippen LogP contribution in [0, 0.1) is 22.7 Å². The average molecular weight is 360 g/mol. The molecule has 0 radical (unpaired) electrons. The quantitative estimate of drug-likeness (QED) is 0.780. The molecule has 0 bridgehead atoms. The highest BCUT2D eigenvalue weighted by atomic mass is 16.5. The van der Waals surface area contributed by atoms with Crippen LogP contribution in [0.5, 0.6) is 0 Å². The predicted molar refractivity (Wildman–Crippen MR) is 101 cm³/mol. The zero-order chi connectivity index (χ0) is 19.2. The minimum absolute atomic E-state index is 0.305. The molecule has 1 aliphatic heterocycles. The van der Waals surface area contributed by atoms with E-state index in [1.54, 1.807) is 12.1 Å². The summed E-state index contributed by atoms with van der Waals surface area (Å²) in [6.07, 6.45) is 0. The monoisotopic (exact) mass is 360 g/mol. The Kier molecular flexibility index (Phi) is 5.71. The number of benzene rings is 2. The molecule has 1 fully saturated rings. The van der Waals surface area contributed by atoms with Gasteiger partial charge in [0.15, 0.2) is 0 Å². The molecule has 0 aromatic heterocycles. The van der Waals surface area contributed by atoms with Gasteiger partial charge in [0.25, 0.3) is 0 Å². The molecular formula is C21H20N4O2. The van der Waals surface area contributed by atoms with Gasteiger partial charge in [0, 0.05) is 32.7 Å². The van der Waals surface area contributed by atoms with Gasteiger partial charge in [-0.25, -0.2) is 4.79 Å². The van der Waals surface area contributed by atoms with Crippen molar-refractivity contribution in [1.82, 2.24) is 4.90 Å². The van der Waals surface area contributed by atoms with Crippen molar-refractivity contribution in [3.05, 3.63) is 64.7 Å². The highest BCUT2D eigenvalue weighted by Gasteiger charge is 2.21. The van der Waals surface area contributed by atoms with Crippen molar-refractivity contribution < 1.29 is 9.53 Å². The van der Waals surface area contributed by atoms with Crippen molar-refractivity contribution >= 4 is 11.7 Å². The van der Waals surface area contributed by atoms with Gasteiger partial charge in [0.05, 0.1) is 29.5 Å². The molecule has 0 aliphatic carbocycles. The Morgan fingerprint density at radius 3 is 2.44 bits per heavy atom. The summed E-state index contributed by atoms with van der Waals surface area (Å²) in [5.74, 6) is -0.494. The summed E-state index contributed by atoms with van der Waals surface area (Å²) in [6.45, 7) is 3.83. The normalized spacial score (nSPS) is 14.3. The van der Waals surface area contributed by atoms with Crippen LogP contribution in [0.2, 0.25) is 0 Å². The lowest BCUT2D eigenvalue weighted by Gasteiger charge is -2.36. The number of hydrogen-bond acceptors (Lipinski definition) is 6. The highest BCUT2D eigenvalue weighted by Crippen LogP contribution is 2.22. The summed E-state index contributed by atoms with van der Waals surface area (Å²) in [7, 11) is 1.31. The second-order valence-electron chi connectivity index (χ2n) is 6.34. The van der Waals surface area contributed by atoms with Crippen LogP contribution in [0.15, 0.2) is 42.5 Å². The lowest BCUT2D eigenvalue weighted by Crippen LogP contribution is -2.46. The smallest absolute Gasteiger partial charge is 0.339 e. The van der Waals surface area contributed by atoms with Crippen LogP contribution in [0.3, 0.4) is 0 Å². The molecule has 27 heavy (non-hydrogen) atoms. The minimum Gasteiger partial charge on any atom is -0.465 e. The largest absolute Gasteiger partial charge is 0.465 e. The molecule has 6 nitrogen and oxygen atoms in total. The van der Waals surface area contributed by atoms with Crippen LogP contribution >= 0.6 is 0 Å². The molecule has 1 heterocycles. The Morgan fingerprint density at radius 1 is 1.04 bits per heavy atom. The van der Waals surface area contributed by atoms with Gasteiger partial charge < -0.3 is 9.64 Å². The number of hydrogen-bond donors (Lipinski definition) is 0. The lowest BCUT2D eigenvalue weighted by atomic mass is 10.0. The standard InChI is InChI=1S/C21H20N4O2/c1-27-21(26)18-7-4-6-17(19(18)14-23)15-24-9-11-25(12-10-24)20-8-3-2-5-16(20)13-22/h2-8H,9-12,15H2,1H3. The Labute approximate surface area is 158 Å². The molecule has 0 atom stereocenters. The van der Waals surface area contributed by atoms with Crippen molar-refractivity contribution in [3.63, 3.8) is 0 Å². The van der Waals surface area contributed by atoms with Crippen LogP contribution in [0.4, 0.5) is 5.69 Å². The summed E-state index contributed by atoms with van der Waals surface area (Å²) in [5.41, 5.74) is 3.15. The molecule has 0 N–H and O–H groups in total. The first-order valence-electron chi connectivity index (χ1n) is 8.74. The van der Waals surface area contributed by atoms with Crippen molar-refractivity contribution in [1.29, 1.82) is 10.5 Å². The van der Waals surface area contributed by atoms with Crippen LogP contribution in [-0.4, -0.2) is 44.2 Å². The number of anilines is 1. The fourth-order valence-corrected chi connectivity index (χ4v) is 3.38. The molecule has 1 saturated heterocycles. The summed E-state index contributed by atoms with van der Waals surface area (Å²) < 4.78 is 4.77. The minimum atomic E-state index is -0.494. The van der Waals surface area contributed by atoms with E-state index in [-0.39, 0.29) is 0 Å². The number of nitriles is 2. The maximum absolute atomic E-state index is 11.9. The number of piperazine rings is 1. The first-order chi connectivity index (χ1) is 13.2. The average Bonchev–Trinajstić information content (AvgIpc) is 2.73. The zero-order valence-corrected chi connectivity index (χ0v) is 15.2. The summed E-state index contributed by atoms with van der Waals surface area (Å²) in [4.78, 5) is 16.3. The fourth-order valence-electron chi connectivity index (χ4n) is 3.38. The maximum atomic E-state index is 11.9. The molecule has 0 saturated carbocycles. The fraction of sp³-hybridized carbons (Fsp3) is 0.286. The van der Waals surface area contributed by atoms with Gasteiger partial charge in [0.1, 0.15) is 12.1 Å². The van der Waals surface area contributed by atoms with Crippen LogP contribution < -0.4 is 4.90 Å². The molecule has 3 rings (SSSR count). The molecule has 136 valence electrons. The Balaban J connectivity index is 1.71. The number of para-hydroxylation sites is 1. The number of ether oxygens (including phenoxy) is 1. The van der Waals surface area contributed by atoms with Gasteiger partial charge in [-0.1, -0.05) is 24.3 Å². The SMILES string of the molecule is COC(=O)c1cccc(CN2CCN(c3ccccc3C#N)CC2)c1C#N. The molecule has 0 amide bonds. The van der Waals surface area contributed by atoms with Gasteiger partial charge in [-0.3, -0.25) is 4.90 Å². The van der Waals surface area contributed by atoms with Gasteiger partial charge in [-0.2, -0.15) is 10.5 Å². The summed E-state index contributed by atoms with van der Waals surface area (Å²) in [6, 6.07) is 17.3. The van der Waals surface area contributed by atoms with Crippen molar-refractivity contribution in [2.45, 2.75) is 6.54 Å². The Morgan fingerprint density at radius 2 is 1.78 bits per heavy atom. The second-order valence-corrected chi connectivity index (χ2v) is 6.34. The van der Waals surface area contributed by atoms with E-state index in [0.717, 1.165) is 37.4 Å². The molecule has 0 spiro atoms. The van der Waals surface area contributed by atoms with Crippen molar-refractivity contribution in [2.75, 3.05) is 38.2 Å². The molecule has 2 aromatic rings. The van der Waals surface area contributed by atoms with E-state index in [0.29, 0.717) is 23.2 Å². The van der Waals surface area contributed by atoms with Gasteiger partial charge in [-0.15, -0.1) is 0 Å². The van der Waals surface area contributed by atoms with Gasteiger partial charge in [-0.05, 0) is 23.8 Å². The maximum Gasteiger partial charge on any atom is 0.339 e. The van der Waals surface area contributed by atoms with Crippen molar-refractivity contribution in [3.8, 4) is 12.1 Å². The molecule has 1 aliphatic rings. The lowest BCUT2D eigenvalue weighted by molar-refractivity contribution is 0.0600. The predicted octanol–water partition coefficient (Wildman–Crippen LogP) is 2.54. The van der Waals surface area contributed by atoms with Gasteiger partial charge >= 0.3 is 5.97 Å². The van der Waals surface area contributed by atoms with Gasteiger partial charge in [0.2, 0.25) is 0 Å². The van der Waals surface area contributed by atoms with E-state index >= 15 is 0 Å². The third-order valence-electron chi connectivity index (χ3n) is 4.80. The molecular weight excluding hydrogens is 340 g/mol. The number of esters is 1. The van der Waals surface area contributed by atoms with Crippen LogP contribution in [0.1, 0.15) is 27.0 Å². The van der Waals surface area contributed by atoms with E-state index in [2.05, 4.69) is 21.9 Å². The van der Waals surface area contributed by atoms with Crippen LogP contribution in [0.25, 0.3) is 0 Å². The third kappa shape index (κ3) is 3.92. The third-order valence-corrected chi connectivity index (χ3v) is 4.80. The van der Waals surface area contributed by atoms with Crippen LogP contribution in [-0.2, 0) is 11.3 Å². The van der Waals surface area contributed by atoms with E-state index in [1.807, 2.05) is 30.3 Å². The van der Waals surface area contributed by atoms with Crippen molar-refractivity contribution in [2.24, 2.45) is 0 Å². The molecule has 6 heteroatoms. The molecule has 0 unspecified atom stereocenters. The van der Waals surface area contributed by atoms with E-state index in [1.165, 1.54) is 7.11 Å². The number of nitrogens with zero attached hydrogens (tertiary/aromatic N) is 4.